The van der Waals surface area contributed by atoms with E-state index in [0.29, 0.717) is 0 Å². The summed E-state index contributed by atoms with van der Waals surface area (Å²) in [6, 6.07) is 19.7. The lowest BCUT2D eigenvalue weighted by Crippen LogP contribution is -2.29. The van der Waals surface area contributed by atoms with Gasteiger partial charge in [-0.3, -0.25) is 0 Å². The molecule has 0 atom stereocenters. The standard InChI is InChI=1S/C26H38N2O/c1(7-18-27-23-25-11-5-3-6-12-25)2-10-21-29-22-17-24-13-15-26(16-14-24)28-19-8-4-9-20-28/h3,5-6,11-16,27H,1-2,4,7-10,17-23H2. The van der Waals surface area contributed by atoms with Gasteiger partial charge in [0.05, 0.1) is 6.61 Å². The maximum absolute atomic E-state index is 5.84. The number of rotatable bonds is 13. The van der Waals surface area contributed by atoms with Crippen LogP contribution in [-0.4, -0.2) is 32.8 Å². The normalized spacial score (nSPS) is 14.3. The molecule has 1 heterocycles. The van der Waals surface area contributed by atoms with Gasteiger partial charge < -0.3 is 15.0 Å². The van der Waals surface area contributed by atoms with Crippen LogP contribution in [0.1, 0.15) is 56.1 Å². The molecule has 3 rings (SSSR count). The van der Waals surface area contributed by atoms with Gasteiger partial charge in [0.2, 0.25) is 0 Å². The van der Waals surface area contributed by atoms with Gasteiger partial charge in [-0.15, -0.1) is 0 Å². The Morgan fingerprint density at radius 1 is 0.724 bits per heavy atom. The van der Waals surface area contributed by atoms with Gasteiger partial charge in [-0.25, -0.2) is 0 Å². The molecule has 1 aliphatic rings. The lowest BCUT2D eigenvalue weighted by molar-refractivity contribution is 0.133. The molecule has 3 nitrogen and oxygen atoms in total. The third-order valence-electron chi connectivity index (χ3n) is 5.76. The van der Waals surface area contributed by atoms with Crippen LogP contribution < -0.4 is 10.2 Å². The number of benzene rings is 2. The number of piperidine rings is 1. The van der Waals surface area contributed by atoms with Crippen LogP contribution in [0.2, 0.25) is 0 Å². The van der Waals surface area contributed by atoms with E-state index in [0.717, 1.165) is 32.7 Å². The number of nitrogens with zero attached hydrogens (tertiary/aromatic N) is 1. The minimum absolute atomic E-state index is 0.835. The average Bonchev–Trinajstić information content (AvgIpc) is 2.79. The quantitative estimate of drug-likeness (QED) is 0.448. The third kappa shape index (κ3) is 8.59. The second kappa shape index (κ2) is 13.4. The topological polar surface area (TPSA) is 24.5 Å². The molecule has 158 valence electrons. The van der Waals surface area contributed by atoms with Crippen LogP contribution in [0, 0.1) is 0 Å². The molecule has 2 aromatic rings. The van der Waals surface area contributed by atoms with E-state index in [1.165, 1.54) is 74.8 Å². The first-order valence-corrected chi connectivity index (χ1v) is 11.6. The van der Waals surface area contributed by atoms with E-state index in [1.54, 1.807) is 0 Å². The highest BCUT2D eigenvalue weighted by Gasteiger charge is 2.10. The van der Waals surface area contributed by atoms with Crippen molar-refractivity contribution in [2.24, 2.45) is 0 Å². The van der Waals surface area contributed by atoms with Crippen molar-refractivity contribution in [3.63, 3.8) is 0 Å². The fourth-order valence-corrected chi connectivity index (χ4v) is 3.95. The predicted octanol–water partition coefficient (Wildman–Crippen LogP) is 5.59. The largest absolute Gasteiger partial charge is 0.381 e. The zero-order valence-corrected chi connectivity index (χ0v) is 18.0. The van der Waals surface area contributed by atoms with Gasteiger partial charge in [-0.2, -0.15) is 0 Å². The first-order valence-electron chi connectivity index (χ1n) is 11.6. The Kier molecular flexibility index (Phi) is 10.1. The van der Waals surface area contributed by atoms with Crippen LogP contribution in [0.4, 0.5) is 5.69 Å². The van der Waals surface area contributed by atoms with Crippen molar-refractivity contribution in [3.8, 4) is 0 Å². The summed E-state index contributed by atoms with van der Waals surface area (Å²) in [5.74, 6) is 0. The second-order valence-electron chi connectivity index (χ2n) is 8.15. The maximum Gasteiger partial charge on any atom is 0.0506 e. The molecule has 0 spiro atoms. The van der Waals surface area contributed by atoms with Gasteiger partial charge in [0, 0.05) is 31.9 Å². The molecule has 0 amide bonds. The van der Waals surface area contributed by atoms with Gasteiger partial charge in [-0.05, 0) is 68.3 Å². The van der Waals surface area contributed by atoms with Gasteiger partial charge in [0.25, 0.3) is 0 Å². The Morgan fingerprint density at radius 2 is 1.48 bits per heavy atom. The Hall–Kier alpha value is -1.84. The summed E-state index contributed by atoms with van der Waals surface area (Å²) < 4.78 is 5.84. The van der Waals surface area contributed by atoms with Crippen molar-refractivity contribution in [1.29, 1.82) is 0 Å². The summed E-state index contributed by atoms with van der Waals surface area (Å²) in [6.07, 6.45) is 10.0. The number of hydrogen-bond acceptors (Lipinski definition) is 3. The van der Waals surface area contributed by atoms with E-state index in [1.807, 2.05) is 0 Å². The smallest absolute Gasteiger partial charge is 0.0506 e. The van der Waals surface area contributed by atoms with Crippen LogP contribution in [-0.2, 0) is 17.7 Å². The van der Waals surface area contributed by atoms with Gasteiger partial charge in [0.15, 0.2) is 0 Å². The molecule has 2 aromatic carbocycles. The van der Waals surface area contributed by atoms with Crippen LogP contribution in [0.5, 0.6) is 0 Å². The lowest BCUT2D eigenvalue weighted by Gasteiger charge is -2.28. The molecule has 1 saturated heterocycles. The lowest BCUT2D eigenvalue weighted by atomic mass is 10.1. The molecule has 0 unspecified atom stereocenters. The zero-order chi connectivity index (χ0) is 20.0. The molecular weight excluding hydrogens is 356 g/mol. The fraction of sp³-hybridized carbons (Fsp3) is 0.538. The van der Waals surface area contributed by atoms with E-state index < -0.39 is 0 Å². The molecule has 1 N–H and O–H groups in total. The van der Waals surface area contributed by atoms with Crippen LogP contribution in [0.15, 0.2) is 54.6 Å². The minimum atomic E-state index is 0.835. The van der Waals surface area contributed by atoms with Crippen LogP contribution in [0.3, 0.4) is 0 Å². The molecule has 0 bridgehead atoms. The Balaban J connectivity index is 1.14. The molecule has 1 fully saturated rings. The molecule has 0 aliphatic carbocycles. The zero-order valence-electron chi connectivity index (χ0n) is 18.0. The number of anilines is 1. The van der Waals surface area contributed by atoms with E-state index in [9.17, 15) is 0 Å². The molecule has 1 aliphatic heterocycles. The van der Waals surface area contributed by atoms with E-state index >= 15 is 0 Å². The average molecular weight is 395 g/mol. The Morgan fingerprint density at radius 3 is 2.28 bits per heavy atom. The van der Waals surface area contributed by atoms with E-state index in [4.69, 9.17) is 4.74 Å². The first-order chi connectivity index (χ1) is 14.4. The van der Waals surface area contributed by atoms with Crippen molar-refractivity contribution in [3.05, 3.63) is 65.7 Å². The van der Waals surface area contributed by atoms with E-state index in [-0.39, 0.29) is 0 Å². The second-order valence-corrected chi connectivity index (χ2v) is 8.15. The van der Waals surface area contributed by atoms with Crippen molar-refractivity contribution >= 4 is 5.69 Å². The van der Waals surface area contributed by atoms with E-state index in [2.05, 4.69) is 64.8 Å². The first kappa shape index (κ1) is 21.9. The van der Waals surface area contributed by atoms with Gasteiger partial charge in [0.1, 0.15) is 0 Å². The highest BCUT2D eigenvalue weighted by atomic mass is 16.5. The summed E-state index contributed by atoms with van der Waals surface area (Å²) >= 11 is 0. The fourth-order valence-electron chi connectivity index (χ4n) is 3.95. The minimum Gasteiger partial charge on any atom is -0.381 e. The number of ether oxygens (including phenoxy) is 1. The van der Waals surface area contributed by atoms with Crippen LogP contribution >= 0.6 is 0 Å². The predicted molar refractivity (Wildman–Crippen MR) is 124 cm³/mol. The molecule has 3 heteroatoms. The molecule has 0 aromatic heterocycles. The van der Waals surface area contributed by atoms with Crippen molar-refractivity contribution in [2.45, 2.75) is 57.9 Å². The van der Waals surface area contributed by atoms with Crippen molar-refractivity contribution in [1.82, 2.24) is 5.32 Å². The monoisotopic (exact) mass is 394 g/mol. The van der Waals surface area contributed by atoms with Gasteiger partial charge in [-0.1, -0.05) is 55.3 Å². The number of hydrogen-bond donors (Lipinski definition) is 1. The Labute approximate surface area is 177 Å². The summed E-state index contributed by atoms with van der Waals surface area (Å²) in [6.45, 7) is 6.23. The SMILES string of the molecule is c1ccc(CNCCCCCCOCCc2ccc(N3CCCCC3)cc2)cc1. The summed E-state index contributed by atoms with van der Waals surface area (Å²) in [4.78, 5) is 2.51. The Bertz CT molecular complexity index is 650. The van der Waals surface area contributed by atoms with Crippen molar-refractivity contribution in [2.75, 3.05) is 37.7 Å². The van der Waals surface area contributed by atoms with Crippen molar-refractivity contribution < 1.29 is 4.74 Å². The number of nitrogens with one attached hydrogen (secondary N) is 1. The molecule has 0 saturated carbocycles. The maximum atomic E-state index is 5.84. The number of unbranched alkanes of at least 4 members (excludes halogenated alkanes) is 3. The molecule has 29 heavy (non-hydrogen) atoms. The third-order valence-corrected chi connectivity index (χ3v) is 5.76. The molecular formula is C26H38N2O. The highest BCUT2D eigenvalue weighted by Crippen LogP contribution is 2.20. The van der Waals surface area contributed by atoms with Gasteiger partial charge >= 0.3 is 0 Å². The summed E-state index contributed by atoms with van der Waals surface area (Å²) in [5.41, 5.74) is 4.13. The summed E-state index contributed by atoms with van der Waals surface area (Å²) in [7, 11) is 0. The molecule has 0 radical (unpaired) electrons. The highest BCUT2D eigenvalue weighted by molar-refractivity contribution is 5.47. The van der Waals surface area contributed by atoms with Crippen LogP contribution in [0.25, 0.3) is 0 Å². The summed E-state index contributed by atoms with van der Waals surface area (Å²) in [5, 5.41) is 3.52.